The maximum atomic E-state index is 12.7. The Morgan fingerprint density at radius 3 is 2.45 bits per heavy atom. The molecule has 1 amide bonds. The van der Waals surface area contributed by atoms with Gasteiger partial charge in [-0.3, -0.25) is 9.10 Å². The van der Waals surface area contributed by atoms with E-state index in [1.165, 1.54) is 6.07 Å². The molecular weight excluding hydrogens is 416 g/mol. The number of halogens is 1. The molecule has 0 aliphatic heterocycles. The maximum Gasteiger partial charge on any atom is 0.244 e. The zero-order valence-electron chi connectivity index (χ0n) is 16.6. The van der Waals surface area contributed by atoms with Crippen molar-refractivity contribution in [1.82, 2.24) is 5.32 Å². The Hall–Kier alpha value is -2.45. The lowest BCUT2D eigenvalue weighted by atomic mass is 10.2. The lowest BCUT2D eigenvalue weighted by Gasteiger charge is -2.30. The van der Waals surface area contributed by atoms with Gasteiger partial charge in [0.25, 0.3) is 0 Å². The minimum Gasteiger partial charge on any atom is -0.493 e. The molecule has 1 N–H and O–H groups in total. The Morgan fingerprint density at radius 1 is 1.17 bits per heavy atom. The molecule has 2 rings (SSSR count). The van der Waals surface area contributed by atoms with Gasteiger partial charge in [0.2, 0.25) is 15.9 Å². The summed E-state index contributed by atoms with van der Waals surface area (Å²) in [4.78, 5) is 12.7. The lowest BCUT2D eigenvalue weighted by Crippen LogP contribution is -2.50. The number of amides is 1. The summed E-state index contributed by atoms with van der Waals surface area (Å²) in [6, 6.07) is 12.7. The second kappa shape index (κ2) is 10.4. The summed E-state index contributed by atoms with van der Waals surface area (Å²) in [7, 11) is -2.16. The minimum atomic E-state index is -3.71. The maximum absolute atomic E-state index is 12.7. The molecular formula is C20H25ClN2O5S. The van der Waals surface area contributed by atoms with Crippen molar-refractivity contribution in [2.75, 3.05) is 30.8 Å². The van der Waals surface area contributed by atoms with Crippen LogP contribution in [0.4, 0.5) is 5.69 Å². The molecule has 0 heterocycles. The van der Waals surface area contributed by atoms with Gasteiger partial charge in [0.05, 0.1) is 25.6 Å². The van der Waals surface area contributed by atoms with Crippen molar-refractivity contribution in [3.63, 3.8) is 0 Å². The van der Waals surface area contributed by atoms with Crippen LogP contribution in [0.3, 0.4) is 0 Å². The van der Waals surface area contributed by atoms with Crippen LogP contribution in [-0.4, -0.2) is 46.9 Å². The number of hydrogen-bond acceptors (Lipinski definition) is 5. The van der Waals surface area contributed by atoms with Gasteiger partial charge < -0.3 is 14.8 Å². The van der Waals surface area contributed by atoms with E-state index in [9.17, 15) is 13.2 Å². The number of ether oxygens (including phenoxy) is 2. The number of sulfonamides is 1. The van der Waals surface area contributed by atoms with Crippen LogP contribution >= 0.6 is 11.6 Å². The molecule has 0 saturated heterocycles. The number of nitrogens with one attached hydrogen (secondary N) is 1. The molecule has 0 unspecified atom stereocenters. The molecule has 158 valence electrons. The minimum absolute atomic E-state index is 0.207. The second-order valence-electron chi connectivity index (χ2n) is 6.25. The molecule has 0 spiro atoms. The summed E-state index contributed by atoms with van der Waals surface area (Å²) < 4.78 is 36.7. The number of carbonyl (C=O) groups excluding carboxylic acids is 1. The fourth-order valence-corrected chi connectivity index (χ4v) is 4.25. The topological polar surface area (TPSA) is 84.9 Å². The molecule has 29 heavy (non-hydrogen) atoms. The third-order valence-electron chi connectivity index (χ3n) is 4.12. The van der Waals surface area contributed by atoms with Gasteiger partial charge in [0.15, 0.2) is 11.5 Å². The highest BCUT2D eigenvalue weighted by Crippen LogP contribution is 2.26. The molecule has 9 heteroatoms. The first-order valence-corrected chi connectivity index (χ1v) is 11.3. The highest BCUT2D eigenvalue weighted by Gasteiger charge is 2.31. The van der Waals surface area contributed by atoms with Gasteiger partial charge in [-0.15, -0.1) is 0 Å². The molecule has 1 atom stereocenters. The normalized spacial score (nSPS) is 12.1. The third-order valence-corrected chi connectivity index (χ3v) is 5.54. The first-order chi connectivity index (χ1) is 13.8. The van der Waals surface area contributed by atoms with Crippen LogP contribution in [0.1, 0.15) is 13.3 Å². The predicted octanol–water partition coefficient (Wildman–Crippen LogP) is 3.09. The zero-order chi connectivity index (χ0) is 21.4. The molecule has 0 fully saturated rings. The average molecular weight is 441 g/mol. The van der Waals surface area contributed by atoms with E-state index in [0.717, 1.165) is 10.6 Å². The molecule has 2 aromatic carbocycles. The molecule has 7 nitrogen and oxygen atoms in total. The number of hydrogen-bond donors (Lipinski definition) is 1. The molecule has 0 saturated carbocycles. The van der Waals surface area contributed by atoms with Gasteiger partial charge in [0.1, 0.15) is 12.6 Å². The summed E-state index contributed by atoms with van der Waals surface area (Å²) in [5.41, 5.74) is 0.340. The van der Waals surface area contributed by atoms with Crippen molar-refractivity contribution in [3.8, 4) is 11.5 Å². The Bertz CT molecular complexity index is 936. The summed E-state index contributed by atoms with van der Waals surface area (Å²) in [5.74, 6) is 0.740. The van der Waals surface area contributed by atoms with Crippen LogP contribution < -0.4 is 19.1 Å². The second-order valence-corrected chi connectivity index (χ2v) is 8.55. The van der Waals surface area contributed by atoms with Crippen molar-refractivity contribution in [3.05, 3.63) is 53.6 Å². The van der Waals surface area contributed by atoms with E-state index >= 15 is 0 Å². The largest absolute Gasteiger partial charge is 0.493 e. The third kappa shape index (κ3) is 6.27. The van der Waals surface area contributed by atoms with Crippen molar-refractivity contribution in [2.45, 2.75) is 19.4 Å². The quantitative estimate of drug-likeness (QED) is 0.574. The molecule has 0 aliphatic carbocycles. The van der Waals surface area contributed by atoms with Crippen LogP contribution in [0.15, 0.2) is 48.5 Å². The highest BCUT2D eigenvalue weighted by atomic mass is 35.5. The summed E-state index contributed by atoms with van der Waals surface area (Å²) in [5, 5.41) is 3.12. The van der Waals surface area contributed by atoms with Gasteiger partial charge in [-0.2, -0.15) is 0 Å². The summed E-state index contributed by atoms with van der Waals surface area (Å²) in [6.45, 7) is 2.16. The molecule has 0 aliphatic rings. The van der Waals surface area contributed by atoms with Gasteiger partial charge in [-0.25, -0.2) is 8.42 Å². The molecule has 2 aromatic rings. The van der Waals surface area contributed by atoms with Gasteiger partial charge in [-0.05, 0) is 36.8 Å². The highest BCUT2D eigenvalue weighted by molar-refractivity contribution is 7.92. The van der Waals surface area contributed by atoms with E-state index in [1.807, 2.05) is 12.1 Å². The van der Waals surface area contributed by atoms with E-state index in [1.54, 1.807) is 44.4 Å². The molecule has 0 bridgehead atoms. The monoisotopic (exact) mass is 440 g/mol. The molecule has 0 radical (unpaired) electrons. The Morgan fingerprint density at radius 2 is 1.86 bits per heavy atom. The predicted molar refractivity (Wildman–Crippen MR) is 114 cm³/mol. The molecule has 0 aromatic heterocycles. The Balaban J connectivity index is 2.06. The Kier molecular flexibility index (Phi) is 8.16. The van der Waals surface area contributed by atoms with Crippen LogP contribution in [0.25, 0.3) is 0 Å². The smallest absolute Gasteiger partial charge is 0.244 e. The summed E-state index contributed by atoms with van der Waals surface area (Å²) in [6.07, 6.45) is 1.35. The SMILES string of the molecule is CC[C@@H](C(=O)NCCOc1ccccc1OC)N(c1cccc(Cl)c1)S(C)(=O)=O. The van der Waals surface area contributed by atoms with E-state index < -0.39 is 22.0 Å². The van der Waals surface area contributed by atoms with Gasteiger partial charge in [-0.1, -0.05) is 36.7 Å². The van der Waals surface area contributed by atoms with E-state index in [4.69, 9.17) is 21.1 Å². The van der Waals surface area contributed by atoms with Crippen molar-refractivity contribution in [2.24, 2.45) is 0 Å². The first kappa shape index (κ1) is 22.8. The van der Waals surface area contributed by atoms with Crippen LogP contribution in [0.2, 0.25) is 5.02 Å². The Labute approximate surface area is 176 Å². The van der Waals surface area contributed by atoms with Crippen LogP contribution in [0.5, 0.6) is 11.5 Å². The number of carbonyl (C=O) groups is 1. The number of para-hydroxylation sites is 2. The van der Waals surface area contributed by atoms with E-state index in [0.29, 0.717) is 28.6 Å². The average Bonchev–Trinajstić information content (AvgIpc) is 2.68. The number of anilines is 1. The number of methoxy groups -OCH3 is 1. The number of nitrogens with zero attached hydrogens (tertiary/aromatic N) is 1. The standard InChI is InChI=1S/C20H25ClN2O5S/c1-4-17(23(29(3,25)26)16-9-7-8-15(21)14-16)20(24)22-12-13-28-19-11-6-5-10-18(19)27-2/h5-11,14,17H,4,12-13H2,1-3H3,(H,22,24)/t17-/m0/s1. The fraction of sp³-hybridized carbons (Fsp3) is 0.350. The fourth-order valence-electron chi connectivity index (χ4n) is 2.86. The van der Waals surface area contributed by atoms with Crippen molar-refractivity contribution in [1.29, 1.82) is 0 Å². The van der Waals surface area contributed by atoms with E-state index in [2.05, 4.69) is 5.32 Å². The van der Waals surface area contributed by atoms with Crippen LogP contribution in [-0.2, 0) is 14.8 Å². The first-order valence-electron chi connectivity index (χ1n) is 9.06. The van der Waals surface area contributed by atoms with Gasteiger partial charge in [0, 0.05) is 5.02 Å². The zero-order valence-corrected chi connectivity index (χ0v) is 18.2. The lowest BCUT2D eigenvalue weighted by molar-refractivity contribution is -0.122. The van der Waals surface area contributed by atoms with E-state index in [-0.39, 0.29) is 13.2 Å². The van der Waals surface area contributed by atoms with Crippen LogP contribution in [0, 0.1) is 0 Å². The van der Waals surface area contributed by atoms with Crippen molar-refractivity contribution < 1.29 is 22.7 Å². The van der Waals surface area contributed by atoms with Gasteiger partial charge >= 0.3 is 0 Å². The van der Waals surface area contributed by atoms with Crippen molar-refractivity contribution >= 4 is 33.2 Å². The number of benzene rings is 2. The number of rotatable bonds is 10. The summed E-state index contributed by atoms with van der Waals surface area (Å²) >= 11 is 6.00.